The zero-order chi connectivity index (χ0) is 19.2. The van der Waals surface area contributed by atoms with Crippen molar-refractivity contribution < 1.29 is 9.72 Å². The predicted octanol–water partition coefficient (Wildman–Crippen LogP) is 5.43. The lowest BCUT2D eigenvalue weighted by Crippen LogP contribution is -2.14. The van der Waals surface area contributed by atoms with Gasteiger partial charge in [-0.1, -0.05) is 72.3 Å². The van der Waals surface area contributed by atoms with Gasteiger partial charge in [-0.2, -0.15) is 0 Å². The zero-order valence-corrected chi connectivity index (χ0v) is 14.9. The standard InChI is InChI=1S/C21H15ClN2O3/c22-19-12-11-17(24(26)27)14-20(19)23-21(25)18(16-9-5-2-6-10-16)13-15-7-3-1-4-8-15/h1-14H,(H,23,25). The number of hydrogen-bond acceptors (Lipinski definition) is 3. The molecule has 0 aromatic heterocycles. The van der Waals surface area contributed by atoms with E-state index < -0.39 is 10.8 Å². The van der Waals surface area contributed by atoms with Gasteiger partial charge < -0.3 is 5.32 Å². The molecular formula is C21H15ClN2O3. The van der Waals surface area contributed by atoms with E-state index in [0.717, 1.165) is 11.1 Å². The number of rotatable bonds is 5. The second kappa shape index (κ2) is 8.29. The van der Waals surface area contributed by atoms with Crippen molar-refractivity contribution in [3.8, 4) is 0 Å². The second-order valence-electron chi connectivity index (χ2n) is 5.71. The van der Waals surface area contributed by atoms with Gasteiger partial charge >= 0.3 is 0 Å². The average molecular weight is 379 g/mol. The molecule has 0 aliphatic carbocycles. The minimum Gasteiger partial charge on any atom is -0.320 e. The smallest absolute Gasteiger partial charge is 0.271 e. The molecular weight excluding hydrogens is 364 g/mol. The van der Waals surface area contributed by atoms with Crippen molar-refractivity contribution in [1.29, 1.82) is 0 Å². The van der Waals surface area contributed by atoms with Gasteiger partial charge in [0.25, 0.3) is 11.6 Å². The SMILES string of the molecule is O=C(Nc1cc([N+](=O)[O-])ccc1Cl)C(=Cc1ccccc1)c1ccccc1. The fourth-order valence-corrected chi connectivity index (χ4v) is 2.69. The molecule has 27 heavy (non-hydrogen) atoms. The first kappa shape index (κ1) is 18.4. The van der Waals surface area contributed by atoms with Gasteiger partial charge in [0.1, 0.15) is 0 Å². The Hall–Kier alpha value is -3.44. The Morgan fingerprint density at radius 3 is 2.22 bits per heavy atom. The minimum absolute atomic E-state index is 0.150. The largest absolute Gasteiger partial charge is 0.320 e. The molecule has 0 aliphatic heterocycles. The summed E-state index contributed by atoms with van der Waals surface area (Å²) in [4.78, 5) is 23.4. The third-order valence-corrected chi connectivity index (χ3v) is 4.18. The van der Waals surface area contributed by atoms with Gasteiger partial charge in [-0.15, -0.1) is 0 Å². The molecule has 134 valence electrons. The van der Waals surface area contributed by atoms with Crippen LogP contribution < -0.4 is 5.32 Å². The maximum Gasteiger partial charge on any atom is 0.271 e. The van der Waals surface area contributed by atoms with Gasteiger partial charge in [0.05, 0.1) is 15.6 Å². The van der Waals surface area contributed by atoms with E-state index >= 15 is 0 Å². The van der Waals surface area contributed by atoms with Crippen molar-refractivity contribution >= 4 is 40.5 Å². The average Bonchev–Trinajstić information content (AvgIpc) is 2.69. The van der Waals surface area contributed by atoms with Crippen LogP contribution >= 0.6 is 11.6 Å². The number of nitrogens with zero attached hydrogens (tertiary/aromatic N) is 1. The molecule has 1 amide bonds. The molecule has 0 unspecified atom stereocenters. The summed E-state index contributed by atoms with van der Waals surface area (Å²) in [7, 11) is 0. The summed E-state index contributed by atoms with van der Waals surface area (Å²) in [6.45, 7) is 0. The molecule has 3 aromatic carbocycles. The van der Waals surface area contributed by atoms with E-state index in [2.05, 4.69) is 5.32 Å². The number of hydrogen-bond donors (Lipinski definition) is 1. The lowest BCUT2D eigenvalue weighted by Gasteiger charge is -2.11. The van der Waals surface area contributed by atoms with Crippen LogP contribution in [0.4, 0.5) is 11.4 Å². The Balaban J connectivity index is 1.99. The molecule has 0 fully saturated rings. The molecule has 0 heterocycles. The number of carbonyl (C=O) groups excluding carboxylic acids is 1. The van der Waals surface area contributed by atoms with Gasteiger partial charge in [0.15, 0.2) is 0 Å². The highest BCUT2D eigenvalue weighted by Crippen LogP contribution is 2.28. The number of non-ortho nitro benzene ring substituents is 1. The first-order chi connectivity index (χ1) is 13.0. The fourth-order valence-electron chi connectivity index (χ4n) is 2.53. The highest BCUT2D eigenvalue weighted by atomic mass is 35.5. The van der Waals surface area contributed by atoms with E-state index in [1.54, 1.807) is 6.08 Å². The molecule has 0 saturated heterocycles. The number of amides is 1. The summed E-state index contributed by atoms with van der Waals surface area (Å²) < 4.78 is 0. The minimum atomic E-state index is -0.538. The predicted molar refractivity (Wildman–Crippen MR) is 107 cm³/mol. The van der Waals surface area contributed by atoms with Crippen LogP contribution in [-0.4, -0.2) is 10.8 Å². The molecule has 3 aromatic rings. The van der Waals surface area contributed by atoms with Gasteiger partial charge in [0.2, 0.25) is 0 Å². The number of anilines is 1. The third kappa shape index (κ3) is 4.59. The van der Waals surface area contributed by atoms with Crippen LogP contribution in [0, 0.1) is 10.1 Å². The Morgan fingerprint density at radius 1 is 0.963 bits per heavy atom. The van der Waals surface area contributed by atoms with Crippen LogP contribution in [0.25, 0.3) is 11.6 Å². The van der Waals surface area contributed by atoms with Crippen molar-refractivity contribution in [3.63, 3.8) is 0 Å². The van der Waals surface area contributed by atoms with Crippen LogP contribution in [0.1, 0.15) is 11.1 Å². The molecule has 0 atom stereocenters. The summed E-state index contributed by atoms with van der Waals surface area (Å²) >= 11 is 6.10. The number of nitro benzene ring substituents is 1. The van der Waals surface area contributed by atoms with Crippen LogP contribution in [0.3, 0.4) is 0 Å². The molecule has 0 bridgehead atoms. The fraction of sp³-hybridized carbons (Fsp3) is 0. The number of nitrogens with one attached hydrogen (secondary N) is 1. The molecule has 6 heteroatoms. The highest BCUT2D eigenvalue weighted by Gasteiger charge is 2.16. The summed E-state index contributed by atoms with van der Waals surface area (Å²) in [6.07, 6.45) is 1.76. The lowest BCUT2D eigenvalue weighted by atomic mass is 10.0. The van der Waals surface area contributed by atoms with Gasteiger partial charge in [0, 0.05) is 17.7 Å². The Morgan fingerprint density at radius 2 is 1.59 bits per heavy atom. The first-order valence-electron chi connectivity index (χ1n) is 8.12. The van der Waals surface area contributed by atoms with Gasteiger partial charge in [-0.3, -0.25) is 14.9 Å². The first-order valence-corrected chi connectivity index (χ1v) is 8.50. The normalized spacial score (nSPS) is 11.1. The van der Waals surface area contributed by atoms with E-state index in [4.69, 9.17) is 11.6 Å². The maximum absolute atomic E-state index is 12.9. The van der Waals surface area contributed by atoms with E-state index in [0.29, 0.717) is 5.57 Å². The van der Waals surface area contributed by atoms with E-state index in [9.17, 15) is 14.9 Å². The van der Waals surface area contributed by atoms with Crippen LogP contribution in [-0.2, 0) is 4.79 Å². The number of halogens is 1. The van der Waals surface area contributed by atoms with Gasteiger partial charge in [-0.05, 0) is 23.3 Å². The molecule has 0 radical (unpaired) electrons. The lowest BCUT2D eigenvalue weighted by molar-refractivity contribution is -0.384. The van der Waals surface area contributed by atoms with Crippen LogP contribution in [0.5, 0.6) is 0 Å². The number of benzene rings is 3. The molecule has 0 saturated carbocycles. The van der Waals surface area contributed by atoms with Crippen LogP contribution in [0.15, 0.2) is 78.9 Å². The quantitative estimate of drug-likeness (QED) is 0.278. The second-order valence-corrected chi connectivity index (χ2v) is 6.12. The Bertz CT molecular complexity index is 1000. The summed E-state index contributed by atoms with van der Waals surface area (Å²) in [5, 5.41) is 13.9. The maximum atomic E-state index is 12.9. The molecule has 1 N–H and O–H groups in total. The van der Waals surface area contributed by atoms with Crippen molar-refractivity contribution in [2.45, 2.75) is 0 Å². The van der Waals surface area contributed by atoms with Gasteiger partial charge in [-0.25, -0.2) is 0 Å². The molecule has 5 nitrogen and oxygen atoms in total. The Labute approximate surface area is 161 Å². The van der Waals surface area contributed by atoms with Crippen molar-refractivity contribution in [3.05, 3.63) is 105 Å². The van der Waals surface area contributed by atoms with E-state index in [1.807, 2.05) is 60.7 Å². The monoisotopic (exact) mass is 378 g/mol. The van der Waals surface area contributed by atoms with Crippen molar-refractivity contribution in [2.75, 3.05) is 5.32 Å². The zero-order valence-electron chi connectivity index (χ0n) is 14.1. The summed E-state index contributed by atoms with van der Waals surface area (Å²) in [5.41, 5.74) is 2.04. The summed E-state index contributed by atoms with van der Waals surface area (Å²) in [5.74, 6) is -0.410. The van der Waals surface area contributed by atoms with E-state index in [-0.39, 0.29) is 16.4 Å². The Kier molecular flexibility index (Phi) is 5.64. The topological polar surface area (TPSA) is 72.2 Å². The van der Waals surface area contributed by atoms with Crippen molar-refractivity contribution in [2.24, 2.45) is 0 Å². The molecule has 3 rings (SSSR count). The molecule has 0 aliphatic rings. The molecule has 0 spiro atoms. The van der Waals surface area contributed by atoms with Crippen molar-refractivity contribution in [1.82, 2.24) is 0 Å². The van der Waals surface area contributed by atoms with Crippen LogP contribution in [0.2, 0.25) is 5.02 Å². The third-order valence-electron chi connectivity index (χ3n) is 3.85. The summed E-state index contributed by atoms with van der Waals surface area (Å²) in [6, 6.07) is 22.5. The number of carbonyl (C=O) groups is 1. The number of nitro groups is 1. The highest BCUT2D eigenvalue weighted by molar-refractivity contribution is 6.36. The van der Waals surface area contributed by atoms with E-state index in [1.165, 1.54) is 18.2 Å².